The fourth-order valence-electron chi connectivity index (χ4n) is 1.42. The van der Waals surface area contributed by atoms with E-state index in [0.29, 0.717) is 0 Å². The molecule has 80 valence electrons. The first-order valence-corrected chi connectivity index (χ1v) is 5.05. The van der Waals surface area contributed by atoms with Crippen LogP contribution in [-0.4, -0.2) is 34.7 Å². The van der Waals surface area contributed by atoms with E-state index in [-0.39, 0.29) is 5.69 Å². The molecule has 0 aliphatic rings. The van der Waals surface area contributed by atoms with E-state index in [1.165, 1.54) is 0 Å². The minimum Gasteiger partial charge on any atom is -0.309 e. The highest BCUT2D eigenvalue weighted by atomic mass is 16.1. The molecule has 0 aromatic carbocycles. The molecule has 0 unspecified atom stereocenters. The Morgan fingerprint density at radius 3 is 2.43 bits per heavy atom. The van der Waals surface area contributed by atoms with E-state index in [1.807, 2.05) is 33.4 Å². The third kappa shape index (κ3) is 2.73. The average molecular weight is 197 g/mol. The minimum absolute atomic E-state index is 0.103. The van der Waals surface area contributed by atoms with E-state index in [2.05, 4.69) is 4.90 Å². The summed E-state index contributed by atoms with van der Waals surface area (Å²) in [7, 11) is 4.08. The normalized spacial score (nSPS) is 11.1. The number of aryl methyl sites for hydroxylation is 2. The number of imidazole rings is 1. The van der Waals surface area contributed by atoms with Crippen molar-refractivity contribution in [2.75, 3.05) is 20.6 Å². The van der Waals surface area contributed by atoms with Crippen molar-refractivity contribution in [1.82, 2.24) is 14.0 Å². The van der Waals surface area contributed by atoms with Gasteiger partial charge in [-0.05, 0) is 34.0 Å². The van der Waals surface area contributed by atoms with Gasteiger partial charge in [0.1, 0.15) is 0 Å². The molecule has 0 spiro atoms. The molecule has 0 aliphatic heterocycles. The first-order valence-electron chi connectivity index (χ1n) is 5.05. The van der Waals surface area contributed by atoms with Gasteiger partial charge in [0.15, 0.2) is 0 Å². The molecular formula is C10H19N3O. The lowest BCUT2D eigenvalue weighted by Gasteiger charge is -2.08. The molecule has 0 amide bonds. The molecule has 4 heteroatoms. The molecule has 14 heavy (non-hydrogen) atoms. The molecule has 0 saturated carbocycles. The SMILES string of the molecule is CCn1ccn(CCCN(C)C)c1=O. The van der Waals surface area contributed by atoms with E-state index < -0.39 is 0 Å². The van der Waals surface area contributed by atoms with Crippen molar-refractivity contribution in [3.05, 3.63) is 22.9 Å². The van der Waals surface area contributed by atoms with Crippen LogP contribution in [0.5, 0.6) is 0 Å². The lowest BCUT2D eigenvalue weighted by atomic mass is 10.4. The predicted octanol–water partition coefficient (Wildman–Crippen LogP) is 0.621. The van der Waals surface area contributed by atoms with Crippen molar-refractivity contribution in [3.8, 4) is 0 Å². The summed E-state index contributed by atoms with van der Waals surface area (Å²) >= 11 is 0. The first-order chi connectivity index (χ1) is 6.65. The Kier molecular flexibility index (Phi) is 3.95. The summed E-state index contributed by atoms with van der Waals surface area (Å²) in [5, 5.41) is 0. The number of aromatic nitrogens is 2. The van der Waals surface area contributed by atoms with Crippen molar-refractivity contribution in [2.24, 2.45) is 0 Å². The molecule has 1 aromatic rings. The summed E-state index contributed by atoms with van der Waals surface area (Å²) in [5.74, 6) is 0. The second-order valence-electron chi connectivity index (χ2n) is 3.72. The first kappa shape index (κ1) is 11.0. The monoisotopic (exact) mass is 197 g/mol. The molecule has 0 N–H and O–H groups in total. The zero-order chi connectivity index (χ0) is 10.6. The molecule has 1 heterocycles. The van der Waals surface area contributed by atoms with Gasteiger partial charge >= 0.3 is 5.69 Å². The quantitative estimate of drug-likeness (QED) is 0.692. The molecule has 0 aliphatic carbocycles. The minimum atomic E-state index is 0.103. The molecule has 0 radical (unpaired) electrons. The Hall–Kier alpha value is -1.03. The summed E-state index contributed by atoms with van der Waals surface area (Å²) in [4.78, 5) is 13.7. The average Bonchev–Trinajstić information content (AvgIpc) is 2.47. The maximum absolute atomic E-state index is 11.6. The van der Waals surface area contributed by atoms with Crippen LogP contribution in [-0.2, 0) is 13.1 Å². The Bertz CT molecular complexity index is 324. The molecule has 4 nitrogen and oxygen atoms in total. The highest BCUT2D eigenvalue weighted by Crippen LogP contribution is 1.90. The summed E-state index contributed by atoms with van der Waals surface area (Å²) in [6.07, 6.45) is 4.72. The smallest absolute Gasteiger partial charge is 0.309 e. The molecule has 0 atom stereocenters. The fourth-order valence-corrected chi connectivity index (χ4v) is 1.42. The van der Waals surface area contributed by atoms with Crippen molar-refractivity contribution in [3.63, 3.8) is 0 Å². The Morgan fingerprint density at radius 1 is 1.29 bits per heavy atom. The highest BCUT2D eigenvalue weighted by molar-refractivity contribution is 4.80. The summed E-state index contributed by atoms with van der Waals surface area (Å²) in [6, 6.07) is 0. The van der Waals surface area contributed by atoms with Gasteiger partial charge in [0.2, 0.25) is 0 Å². The van der Waals surface area contributed by atoms with Crippen molar-refractivity contribution >= 4 is 0 Å². The van der Waals surface area contributed by atoms with Gasteiger partial charge in [-0.15, -0.1) is 0 Å². The lowest BCUT2D eigenvalue weighted by molar-refractivity contribution is 0.384. The van der Waals surface area contributed by atoms with Gasteiger partial charge in [0, 0.05) is 25.5 Å². The van der Waals surface area contributed by atoms with E-state index in [0.717, 1.165) is 26.1 Å². The Morgan fingerprint density at radius 2 is 1.93 bits per heavy atom. The van der Waals surface area contributed by atoms with Crippen LogP contribution in [0, 0.1) is 0 Å². The van der Waals surface area contributed by atoms with Gasteiger partial charge in [-0.3, -0.25) is 9.13 Å². The van der Waals surface area contributed by atoms with Crippen LogP contribution < -0.4 is 5.69 Å². The second-order valence-corrected chi connectivity index (χ2v) is 3.72. The van der Waals surface area contributed by atoms with Crippen LogP contribution in [0.15, 0.2) is 17.2 Å². The topological polar surface area (TPSA) is 30.2 Å². The van der Waals surface area contributed by atoms with Crippen LogP contribution >= 0.6 is 0 Å². The third-order valence-electron chi connectivity index (χ3n) is 2.26. The van der Waals surface area contributed by atoms with E-state index in [9.17, 15) is 4.79 Å². The second kappa shape index (κ2) is 5.00. The maximum atomic E-state index is 11.6. The van der Waals surface area contributed by atoms with Crippen LogP contribution in [0.1, 0.15) is 13.3 Å². The fraction of sp³-hybridized carbons (Fsp3) is 0.700. The number of nitrogens with zero attached hydrogens (tertiary/aromatic N) is 3. The number of hydrogen-bond acceptors (Lipinski definition) is 2. The van der Waals surface area contributed by atoms with Crippen LogP contribution in [0.25, 0.3) is 0 Å². The summed E-state index contributed by atoms with van der Waals surface area (Å²) in [6.45, 7) is 4.55. The summed E-state index contributed by atoms with van der Waals surface area (Å²) < 4.78 is 3.49. The predicted molar refractivity (Wildman–Crippen MR) is 57.5 cm³/mol. The van der Waals surface area contributed by atoms with Crippen molar-refractivity contribution in [1.29, 1.82) is 0 Å². The highest BCUT2D eigenvalue weighted by Gasteiger charge is 2.00. The molecule has 0 saturated heterocycles. The number of rotatable bonds is 5. The zero-order valence-electron chi connectivity index (χ0n) is 9.23. The van der Waals surface area contributed by atoms with Crippen molar-refractivity contribution in [2.45, 2.75) is 26.4 Å². The van der Waals surface area contributed by atoms with Gasteiger partial charge < -0.3 is 4.90 Å². The van der Waals surface area contributed by atoms with Crippen LogP contribution in [0.2, 0.25) is 0 Å². The van der Waals surface area contributed by atoms with Gasteiger partial charge in [-0.1, -0.05) is 0 Å². The van der Waals surface area contributed by atoms with Crippen molar-refractivity contribution < 1.29 is 0 Å². The van der Waals surface area contributed by atoms with Gasteiger partial charge in [-0.25, -0.2) is 4.79 Å². The molecule has 0 fully saturated rings. The van der Waals surface area contributed by atoms with Crippen LogP contribution in [0.3, 0.4) is 0 Å². The molecule has 0 bridgehead atoms. The third-order valence-corrected chi connectivity index (χ3v) is 2.26. The standard InChI is InChI=1S/C10H19N3O/c1-4-12-8-9-13(10(12)14)7-5-6-11(2)3/h8-9H,4-7H2,1-3H3. The van der Waals surface area contributed by atoms with Crippen LogP contribution in [0.4, 0.5) is 0 Å². The van der Waals surface area contributed by atoms with Gasteiger partial charge in [0.25, 0.3) is 0 Å². The Labute approximate surface area is 84.8 Å². The zero-order valence-corrected chi connectivity index (χ0v) is 9.23. The molecule has 1 aromatic heterocycles. The Balaban J connectivity index is 2.51. The van der Waals surface area contributed by atoms with E-state index >= 15 is 0 Å². The van der Waals surface area contributed by atoms with Gasteiger partial charge in [0.05, 0.1) is 0 Å². The lowest BCUT2D eigenvalue weighted by Crippen LogP contribution is -2.25. The summed E-state index contributed by atoms with van der Waals surface area (Å²) in [5.41, 5.74) is 0.103. The molecule has 1 rings (SSSR count). The van der Waals surface area contributed by atoms with E-state index in [1.54, 1.807) is 9.13 Å². The largest absolute Gasteiger partial charge is 0.328 e. The van der Waals surface area contributed by atoms with Gasteiger partial charge in [-0.2, -0.15) is 0 Å². The van der Waals surface area contributed by atoms with E-state index in [4.69, 9.17) is 0 Å². The molecular weight excluding hydrogens is 178 g/mol. The number of hydrogen-bond donors (Lipinski definition) is 0. The maximum Gasteiger partial charge on any atom is 0.328 e.